The Balaban J connectivity index is 1.50. The standard InChI is InChI=1S/C16H25N3/c17-15-11-16(12-15)19-8-4-7-18(9-10-19)13-14-5-2-1-3-6-14/h1-3,5-6,15-16H,4,7-13,17H2. The molecule has 1 saturated carbocycles. The number of benzene rings is 1. The van der Waals surface area contributed by atoms with E-state index >= 15 is 0 Å². The molecule has 3 heteroatoms. The van der Waals surface area contributed by atoms with Gasteiger partial charge in [-0.3, -0.25) is 9.80 Å². The highest BCUT2D eigenvalue weighted by Gasteiger charge is 2.31. The maximum absolute atomic E-state index is 5.91. The Morgan fingerprint density at radius 3 is 2.53 bits per heavy atom. The molecule has 2 aliphatic rings. The van der Waals surface area contributed by atoms with Crippen LogP contribution in [0.15, 0.2) is 30.3 Å². The van der Waals surface area contributed by atoms with Crippen LogP contribution < -0.4 is 5.73 Å². The van der Waals surface area contributed by atoms with Crippen molar-refractivity contribution in [1.82, 2.24) is 9.80 Å². The van der Waals surface area contributed by atoms with Crippen molar-refractivity contribution in [3.05, 3.63) is 35.9 Å². The second kappa shape index (κ2) is 6.04. The highest BCUT2D eigenvalue weighted by atomic mass is 15.2. The molecule has 0 unspecified atom stereocenters. The van der Waals surface area contributed by atoms with Gasteiger partial charge in [0.1, 0.15) is 0 Å². The van der Waals surface area contributed by atoms with Gasteiger partial charge in [0, 0.05) is 31.7 Å². The van der Waals surface area contributed by atoms with Crippen LogP contribution in [0.3, 0.4) is 0 Å². The zero-order valence-corrected chi connectivity index (χ0v) is 11.7. The molecular formula is C16H25N3. The summed E-state index contributed by atoms with van der Waals surface area (Å²) in [5.74, 6) is 0. The van der Waals surface area contributed by atoms with E-state index < -0.39 is 0 Å². The second-order valence-corrected chi connectivity index (χ2v) is 6.04. The first-order valence-electron chi connectivity index (χ1n) is 7.57. The molecule has 0 amide bonds. The van der Waals surface area contributed by atoms with Gasteiger partial charge in [-0.1, -0.05) is 30.3 Å². The topological polar surface area (TPSA) is 32.5 Å². The van der Waals surface area contributed by atoms with Gasteiger partial charge in [-0.2, -0.15) is 0 Å². The quantitative estimate of drug-likeness (QED) is 0.896. The Bertz CT molecular complexity index is 386. The van der Waals surface area contributed by atoms with E-state index in [1.807, 2.05) is 0 Å². The lowest BCUT2D eigenvalue weighted by molar-refractivity contribution is 0.113. The van der Waals surface area contributed by atoms with Crippen molar-refractivity contribution < 1.29 is 0 Å². The largest absolute Gasteiger partial charge is 0.328 e. The minimum absolute atomic E-state index is 0.466. The summed E-state index contributed by atoms with van der Waals surface area (Å²) in [6.07, 6.45) is 3.70. The van der Waals surface area contributed by atoms with Gasteiger partial charge < -0.3 is 5.73 Å². The molecule has 3 nitrogen and oxygen atoms in total. The molecule has 2 fully saturated rings. The number of hydrogen-bond acceptors (Lipinski definition) is 3. The lowest BCUT2D eigenvalue weighted by Gasteiger charge is -2.41. The van der Waals surface area contributed by atoms with E-state index in [1.165, 1.54) is 51.0 Å². The van der Waals surface area contributed by atoms with Crippen LogP contribution in [0.4, 0.5) is 0 Å². The van der Waals surface area contributed by atoms with Crippen molar-refractivity contribution >= 4 is 0 Å². The fourth-order valence-corrected chi connectivity index (χ4v) is 3.28. The Morgan fingerprint density at radius 1 is 1.00 bits per heavy atom. The van der Waals surface area contributed by atoms with E-state index in [2.05, 4.69) is 40.1 Å². The summed E-state index contributed by atoms with van der Waals surface area (Å²) in [6, 6.07) is 12.1. The predicted molar refractivity (Wildman–Crippen MR) is 78.9 cm³/mol. The van der Waals surface area contributed by atoms with Gasteiger partial charge in [-0.05, 0) is 37.9 Å². The van der Waals surface area contributed by atoms with Crippen LogP contribution in [0.5, 0.6) is 0 Å². The van der Waals surface area contributed by atoms with Crippen molar-refractivity contribution in [3.8, 4) is 0 Å². The third-order valence-electron chi connectivity index (χ3n) is 4.54. The summed E-state index contributed by atoms with van der Waals surface area (Å²) in [4.78, 5) is 5.25. The van der Waals surface area contributed by atoms with Crippen LogP contribution in [-0.2, 0) is 6.54 Å². The third kappa shape index (κ3) is 3.35. The van der Waals surface area contributed by atoms with E-state index in [0.29, 0.717) is 6.04 Å². The molecule has 0 aromatic heterocycles. The fraction of sp³-hybridized carbons (Fsp3) is 0.625. The van der Waals surface area contributed by atoms with Gasteiger partial charge in [0.15, 0.2) is 0 Å². The van der Waals surface area contributed by atoms with Crippen LogP contribution in [0, 0.1) is 0 Å². The van der Waals surface area contributed by atoms with Gasteiger partial charge in [0.2, 0.25) is 0 Å². The van der Waals surface area contributed by atoms with Gasteiger partial charge >= 0.3 is 0 Å². The normalized spacial score (nSPS) is 29.7. The molecule has 1 aliphatic carbocycles. The van der Waals surface area contributed by atoms with Crippen LogP contribution in [0.2, 0.25) is 0 Å². The molecular weight excluding hydrogens is 234 g/mol. The van der Waals surface area contributed by atoms with Crippen LogP contribution >= 0.6 is 0 Å². The molecule has 1 saturated heterocycles. The van der Waals surface area contributed by atoms with E-state index in [9.17, 15) is 0 Å². The van der Waals surface area contributed by atoms with E-state index in [1.54, 1.807) is 0 Å². The van der Waals surface area contributed by atoms with Crippen molar-refractivity contribution in [2.75, 3.05) is 26.2 Å². The first-order chi connectivity index (χ1) is 9.31. The maximum atomic E-state index is 5.91. The summed E-state index contributed by atoms with van der Waals surface area (Å²) in [7, 11) is 0. The molecule has 1 aromatic carbocycles. The summed E-state index contributed by atoms with van der Waals surface area (Å²) in [6.45, 7) is 5.98. The molecule has 104 valence electrons. The maximum Gasteiger partial charge on any atom is 0.0234 e. The molecule has 0 atom stereocenters. The number of rotatable bonds is 3. The molecule has 19 heavy (non-hydrogen) atoms. The van der Waals surface area contributed by atoms with Crippen molar-refractivity contribution in [3.63, 3.8) is 0 Å². The van der Waals surface area contributed by atoms with Crippen LogP contribution in [0.1, 0.15) is 24.8 Å². The average Bonchev–Trinajstić information content (AvgIpc) is 2.62. The summed E-state index contributed by atoms with van der Waals surface area (Å²) in [5.41, 5.74) is 7.34. The minimum Gasteiger partial charge on any atom is -0.328 e. The molecule has 0 radical (unpaired) electrons. The fourth-order valence-electron chi connectivity index (χ4n) is 3.28. The van der Waals surface area contributed by atoms with E-state index in [4.69, 9.17) is 5.73 Å². The molecule has 0 spiro atoms. The highest BCUT2D eigenvalue weighted by Crippen LogP contribution is 2.25. The monoisotopic (exact) mass is 259 g/mol. The van der Waals surface area contributed by atoms with Crippen LogP contribution in [0.25, 0.3) is 0 Å². The zero-order chi connectivity index (χ0) is 13.1. The first-order valence-corrected chi connectivity index (χ1v) is 7.57. The van der Waals surface area contributed by atoms with Gasteiger partial charge in [-0.15, -0.1) is 0 Å². The first kappa shape index (κ1) is 13.1. The Labute approximate surface area is 116 Å². The lowest BCUT2D eigenvalue weighted by Crippen LogP contribution is -2.51. The predicted octanol–water partition coefficient (Wildman–Crippen LogP) is 1.68. The zero-order valence-electron chi connectivity index (χ0n) is 11.7. The molecule has 0 bridgehead atoms. The third-order valence-corrected chi connectivity index (χ3v) is 4.54. The molecule has 3 rings (SSSR count). The number of nitrogens with zero attached hydrogens (tertiary/aromatic N) is 2. The second-order valence-electron chi connectivity index (χ2n) is 6.04. The van der Waals surface area contributed by atoms with Gasteiger partial charge in [0.05, 0.1) is 0 Å². The van der Waals surface area contributed by atoms with Crippen LogP contribution in [-0.4, -0.2) is 48.1 Å². The molecule has 1 aromatic rings. The Hall–Kier alpha value is -0.900. The molecule has 2 N–H and O–H groups in total. The Kier molecular flexibility index (Phi) is 4.16. The lowest BCUT2D eigenvalue weighted by atomic mass is 9.86. The highest BCUT2D eigenvalue weighted by molar-refractivity contribution is 5.14. The smallest absolute Gasteiger partial charge is 0.0234 e. The Morgan fingerprint density at radius 2 is 1.79 bits per heavy atom. The van der Waals surface area contributed by atoms with Crippen molar-refractivity contribution in [2.24, 2.45) is 5.73 Å². The molecule has 1 aliphatic heterocycles. The van der Waals surface area contributed by atoms with Gasteiger partial charge in [0.25, 0.3) is 0 Å². The number of hydrogen-bond donors (Lipinski definition) is 1. The van der Waals surface area contributed by atoms with Crippen molar-refractivity contribution in [1.29, 1.82) is 0 Å². The molecule has 1 heterocycles. The van der Waals surface area contributed by atoms with E-state index in [-0.39, 0.29) is 0 Å². The van der Waals surface area contributed by atoms with Gasteiger partial charge in [-0.25, -0.2) is 0 Å². The van der Waals surface area contributed by atoms with E-state index in [0.717, 1.165) is 12.6 Å². The summed E-state index contributed by atoms with van der Waals surface area (Å²) >= 11 is 0. The summed E-state index contributed by atoms with van der Waals surface area (Å²) in [5, 5.41) is 0. The number of nitrogens with two attached hydrogens (primary N) is 1. The SMILES string of the molecule is NC1CC(N2CCCN(Cc3ccccc3)CC2)C1. The minimum atomic E-state index is 0.466. The van der Waals surface area contributed by atoms with Crippen molar-refractivity contribution in [2.45, 2.75) is 37.9 Å². The summed E-state index contributed by atoms with van der Waals surface area (Å²) < 4.78 is 0. The average molecular weight is 259 g/mol.